The van der Waals surface area contributed by atoms with Gasteiger partial charge in [0, 0.05) is 24.1 Å². The van der Waals surface area contributed by atoms with Crippen LogP contribution in [0.5, 0.6) is 0 Å². The number of likely N-dealkylation sites (tertiary alicyclic amines) is 1. The molecule has 2 atom stereocenters. The van der Waals surface area contributed by atoms with Gasteiger partial charge >= 0.3 is 0 Å². The first kappa shape index (κ1) is 16.5. The number of aliphatic hydroxyl groups is 1. The van der Waals surface area contributed by atoms with Gasteiger partial charge < -0.3 is 15.0 Å². The van der Waals surface area contributed by atoms with Crippen LogP contribution in [-0.4, -0.2) is 38.5 Å². The maximum Gasteiger partial charge on any atom is 0.254 e. The third-order valence-corrected chi connectivity index (χ3v) is 6.18. The predicted molar refractivity (Wildman–Crippen MR) is 104 cm³/mol. The fraction of sp³-hybridized carbons (Fsp3) is 0.364. The predicted octanol–water partition coefficient (Wildman–Crippen LogP) is 3.39. The number of carbonyl (C=O) groups excluding carboxylic acids is 1. The molecule has 2 aliphatic rings. The summed E-state index contributed by atoms with van der Waals surface area (Å²) in [5.74, 6) is 0.479. The van der Waals surface area contributed by atoms with E-state index in [-0.39, 0.29) is 18.6 Å². The minimum absolute atomic E-state index is 0.0670. The number of aromatic nitrogens is 2. The van der Waals surface area contributed by atoms with Crippen molar-refractivity contribution in [3.63, 3.8) is 0 Å². The van der Waals surface area contributed by atoms with E-state index in [1.807, 2.05) is 24.3 Å². The van der Waals surface area contributed by atoms with Crippen molar-refractivity contribution >= 4 is 16.9 Å². The molecule has 1 aliphatic carbocycles. The number of rotatable bonds is 2. The number of nitrogens with zero attached hydrogens (tertiary/aromatic N) is 2. The Hall–Kier alpha value is -2.66. The zero-order valence-electron chi connectivity index (χ0n) is 15.2. The zero-order valence-corrected chi connectivity index (χ0v) is 15.2. The van der Waals surface area contributed by atoms with Crippen molar-refractivity contribution < 1.29 is 9.90 Å². The summed E-state index contributed by atoms with van der Waals surface area (Å²) in [7, 11) is 0. The molecule has 27 heavy (non-hydrogen) atoms. The Morgan fingerprint density at radius 1 is 1.22 bits per heavy atom. The van der Waals surface area contributed by atoms with Crippen LogP contribution in [0.15, 0.2) is 42.7 Å². The first-order valence-electron chi connectivity index (χ1n) is 9.71. The van der Waals surface area contributed by atoms with Crippen LogP contribution in [-0.2, 0) is 13.0 Å². The van der Waals surface area contributed by atoms with E-state index < -0.39 is 0 Å². The smallest absolute Gasteiger partial charge is 0.254 e. The molecule has 0 unspecified atom stereocenters. The average Bonchev–Trinajstić information content (AvgIpc) is 3.25. The minimum atomic E-state index is 0.0670. The van der Waals surface area contributed by atoms with Gasteiger partial charge in [-0.25, -0.2) is 4.98 Å². The third kappa shape index (κ3) is 2.73. The molecule has 3 aromatic rings. The van der Waals surface area contributed by atoms with Crippen molar-refractivity contribution in [2.24, 2.45) is 0 Å². The quantitative estimate of drug-likeness (QED) is 0.735. The van der Waals surface area contributed by atoms with Crippen LogP contribution in [0.25, 0.3) is 11.0 Å². The highest BCUT2D eigenvalue weighted by atomic mass is 16.3. The number of imidazole rings is 1. The summed E-state index contributed by atoms with van der Waals surface area (Å²) in [6, 6.07) is 12.2. The number of H-pyrrole nitrogens is 1. The van der Waals surface area contributed by atoms with Crippen LogP contribution in [0.3, 0.4) is 0 Å². The highest BCUT2D eigenvalue weighted by molar-refractivity contribution is 5.97. The number of aliphatic hydroxyl groups excluding tert-OH is 1. The molecule has 1 amide bonds. The Balaban J connectivity index is 1.49. The lowest BCUT2D eigenvalue weighted by Crippen LogP contribution is -2.42. The molecule has 0 spiro atoms. The molecule has 1 fully saturated rings. The van der Waals surface area contributed by atoms with Gasteiger partial charge in [0.25, 0.3) is 5.91 Å². The first-order valence-corrected chi connectivity index (χ1v) is 9.71. The van der Waals surface area contributed by atoms with Crippen LogP contribution in [0.4, 0.5) is 0 Å². The largest absolute Gasteiger partial charge is 0.392 e. The fourth-order valence-electron chi connectivity index (χ4n) is 4.82. The van der Waals surface area contributed by atoms with Gasteiger partial charge in [-0.3, -0.25) is 4.79 Å². The van der Waals surface area contributed by atoms with Crippen LogP contribution >= 0.6 is 0 Å². The Bertz CT molecular complexity index is 1010. The van der Waals surface area contributed by atoms with Crippen LogP contribution in [0.2, 0.25) is 0 Å². The lowest BCUT2D eigenvalue weighted by atomic mass is 9.92. The van der Waals surface area contributed by atoms with Crippen LogP contribution < -0.4 is 0 Å². The van der Waals surface area contributed by atoms with Crippen molar-refractivity contribution in [1.29, 1.82) is 0 Å². The number of fused-ring (bicyclic) bond motifs is 4. The van der Waals surface area contributed by atoms with E-state index in [9.17, 15) is 9.90 Å². The molecule has 0 radical (unpaired) electrons. The van der Waals surface area contributed by atoms with Crippen molar-refractivity contribution in [1.82, 2.24) is 14.9 Å². The molecule has 2 aromatic carbocycles. The molecule has 1 aliphatic heterocycles. The summed E-state index contributed by atoms with van der Waals surface area (Å²) >= 11 is 0. The summed E-state index contributed by atoms with van der Waals surface area (Å²) in [6.07, 6.45) is 5.85. The van der Waals surface area contributed by atoms with Gasteiger partial charge in [-0.1, -0.05) is 24.6 Å². The van der Waals surface area contributed by atoms with E-state index in [4.69, 9.17) is 0 Å². The van der Waals surface area contributed by atoms with Crippen molar-refractivity contribution in [3.8, 4) is 0 Å². The van der Waals surface area contributed by atoms with E-state index in [2.05, 4.69) is 27.0 Å². The monoisotopic (exact) mass is 361 g/mol. The van der Waals surface area contributed by atoms with Crippen molar-refractivity contribution in [2.45, 2.75) is 44.2 Å². The molecule has 5 nitrogen and oxygen atoms in total. The second-order valence-corrected chi connectivity index (χ2v) is 7.70. The first-order chi connectivity index (χ1) is 13.2. The third-order valence-electron chi connectivity index (χ3n) is 6.18. The number of hydrogen-bond donors (Lipinski definition) is 2. The topological polar surface area (TPSA) is 69.2 Å². The molecular weight excluding hydrogens is 338 g/mol. The molecule has 0 bridgehead atoms. The standard InChI is InChI=1S/C22H23N3O2/c26-12-14-4-5-15-11-21-17(18(15)9-14)3-1-2-8-25(21)22(27)16-6-7-19-20(10-16)24-13-23-19/h4-7,9-10,13,17,21,26H,1-3,8,11-12H2,(H,23,24)/t17-,21+/m1/s1. The lowest BCUT2D eigenvalue weighted by molar-refractivity contribution is 0.0676. The Kier molecular flexibility index (Phi) is 3.97. The normalized spacial score (nSPS) is 21.7. The number of amides is 1. The van der Waals surface area contributed by atoms with Crippen LogP contribution in [0.1, 0.15) is 52.2 Å². The SMILES string of the molecule is O=C(c1ccc2nc[nH]c2c1)N1CCCC[C@@H]2c3cc(CO)ccc3C[C@@H]21. The Morgan fingerprint density at radius 3 is 3.04 bits per heavy atom. The van der Waals surface area contributed by atoms with Crippen molar-refractivity contribution in [3.05, 3.63) is 65.0 Å². The molecule has 138 valence electrons. The minimum Gasteiger partial charge on any atom is -0.392 e. The van der Waals surface area contributed by atoms with E-state index in [1.165, 1.54) is 11.1 Å². The molecular formula is C22H23N3O2. The molecule has 1 saturated heterocycles. The summed E-state index contributed by atoms with van der Waals surface area (Å²) in [4.78, 5) is 22.8. The second-order valence-electron chi connectivity index (χ2n) is 7.70. The van der Waals surface area contributed by atoms with Gasteiger partial charge in [-0.15, -0.1) is 0 Å². The van der Waals surface area contributed by atoms with Crippen LogP contribution in [0, 0.1) is 0 Å². The van der Waals surface area contributed by atoms with Gasteiger partial charge in [0.2, 0.25) is 0 Å². The Morgan fingerprint density at radius 2 is 2.15 bits per heavy atom. The summed E-state index contributed by atoms with van der Waals surface area (Å²) in [5.41, 5.74) is 6.11. The molecule has 1 aromatic heterocycles. The van der Waals surface area contributed by atoms with E-state index in [0.29, 0.717) is 5.92 Å². The zero-order chi connectivity index (χ0) is 18.4. The number of benzene rings is 2. The summed E-state index contributed by atoms with van der Waals surface area (Å²) in [5, 5.41) is 9.51. The maximum atomic E-state index is 13.4. The molecule has 2 heterocycles. The van der Waals surface area contributed by atoms with E-state index in [1.54, 1.807) is 6.33 Å². The summed E-state index contributed by atoms with van der Waals surface area (Å²) < 4.78 is 0. The summed E-state index contributed by atoms with van der Waals surface area (Å²) in [6.45, 7) is 0.874. The van der Waals surface area contributed by atoms with Gasteiger partial charge in [0.15, 0.2) is 0 Å². The lowest BCUT2D eigenvalue weighted by Gasteiger charge is -2.31. The molecule has 0 saturated carbocycles. The molecule has 2 N–H and O–H groups in total. The van der Waals surface area contributed by atoms with Gasteiger partial charge in [-0.05, 0) is 54.2 Å². The van der Waals surface area contributed by atoms with Gasteiger partial charge in [-0.2, -0.15) is 0 Å². The number of hydrogen-bond acceptors (Lipinski definition) is 3. The molecule has 5 rings (SSSR count). The van der Waals surface area contributed by atoms with E-state index >= 15 is 0 Å². The fourth-order valence-corrected chi connectivity index (χ4v) is 4.82. The number of nitrogens with one attached hydrogen (secondary N) is 1. The maximum absolute atomic E-state index is 13.4. The number of aromatic amines is 1. The van der Waals surface area contributed by atoms with Gasteiger partial charge in [0.1, 0.15) is 0 Å². The highest BCUT2D eigenvalue weighted by Crippen LogP contribution is 2.42. The van der Waals surface area contributed by atoms with Gasteiger partial charge in [0.05, 0.1) is 24.0 Å². The Labute approximate surface area is 158 Å². The highest BCUT2D eigenvalue weighted by Gasteiger charge is 2.39. The van der Waals surface area contributed by atoms with Crippen molar-refractivity contribution in [2.75, 3.05) is 6.54 Å². The average molecular weight is 361 g/mol. The van der Waals surface area contributed by atoms with E-state index in [0.717, 1.165) is 54.4 Å². The number of carbonyl (C=O) groups is 1. The molecule has 5 heteroatoms. The second kappa shape index (κ2) is 6.50.